The van der Waals surface area contributed by atoms with Crippen LogP contribution in [0.3, 0.4) is 0 Å². The minimum atomic E-state index is -0.333. The minimum absolute atomic E-state index is 0.333. The molecule has 0 heterocycles. The van der Waals surface area contributed by atoms with Gasteiger partial charge in [-0.15, -0.1) is 0 Å². The van der Waals surface area contributed by atoms with Crippen molar-refractivity contribution in [2.45, 2.75) is 20.8 Å². The first-order chi connectivity index (χ1) is 10.2. The highest BCUT2D eigenvalue weighted by molar-refractivity contribution is 5.91. The number of carbonyl (C=O) groups excluding carboxylic acids is 1. The molecule has 0 aromatic heterocycles. The Labute approximate surface area is 126 Å². The number of hydrogen-bond acceptors (Lipinski definition) is 2. The topological polar surface area (TPSA) is 26.3 Å². The summed E-state index contributed by atoms with van der Waals surface area (Å²) in [5.41, 5.74) is 3.19. The zero-order valence-electron chi connectivity index (χ0n) is 12.9. The summed E-state index contributed by atoms with van der Waals surface area (Å²) in [6.45, 7) is 5.88. The maximum Gasteiger partial charge on any atom is 0.338 e. The fourth-order valence-corrected chi connectivity index (χ4v) is 1.76. The summed E-state index contributed by atoms with van der Waals surface area (Å²) >= 11 is 0. The molecule has 2 heteroatoms. The van der Waals surface area contributed by atoms with Gasteiger partial charge < -0.3 is 4.74 Å². The number of esters is 1. The Morgan fingerprint density at radius 3 is 2.24 bits per heavy atom. The Hall–Kier alpha value is -2.53. The van der Waals surface area contributed by atoms with E-state index < -0.39 is 0 Å². The third-order valence-electron chi connectivity index (χ3n) is 2.85. The molecule has 0 aliphatic rings. The molecule has 2 rings (SSSR count). The lowest BCUT2D eigenvalue weighted by molar-refractivity contribution is 0.0600. The molecule has 0 aliphatic carbocycles. The van der Waals surface area contributed by atoms with Crippen LogP contribution >= 0.6 is 0 Å². The standard InChI is InChI=1S/C17H14O2.C2H6/c1-13-15(9-6-10-16(13)17(18)19-2)12-11-14-7-4-3-5-8-14;1-2/h3-10H,1-2H3;1-2H3. The van der Waals surface area contributed by atoms with Crippen molar-refractivity contribution in [3.05, 3.63) is 70.8 Å². The molecular weight excluding hydrogens is 260 g/mol. The molecule has 0 saturated heterocycles. The Balaban J connectivity index is 0.00000106. The first-order valence-electron chi connectivity index (χ1n) is 6.97. The average Bonchev–Trinajstić information content (AvgIpc) is 2.56. The van der Waals surface area contributed by atoms with E-state index in [-0.39, 0.29) is 5.97 Å². The predicted octanol–water partition coefficient (Wildman–Crippen LogP) is 4.21. The van der Waals surface area contributed by atoms with E-state index in [1.165, 1.54) is 7.11 Å². The Bertz CT molecular complexity index is 646. The van der Waals surface area contributed by atoms with Gasteiger partial charge in [0.25, 0.3) is 0 Å². The van der Waals surface area contributed by atoms with E-state index in [1.54, 1.807) is 6.07 Å². The van der Waals surface area contributed by atoms with E-state index in [9.17, 15) is 4.79 Å². The van der Waals surface area contributed by atoms with Crippen LogP contribution in [0.4, 0.5) is 0 Å². The summed E-state index contributed by atoms with van der Waals surface area (Å²) in [5, 5.41) is 0. The van der Waals surface area contributed by atoms with E-state index >= 15 is 0 Å². The lowest BCUT2D eigenvalue weighted by Gasteiger charge is -2.05. The smallest absolute Gasteiger partial charge is 0.338 e. The Morgan fingerprint density at radius 1 is 0.952 bits per heavy atom. The fourth-order valence-electron chi connectivity index (χ4n) is 1.76. The van der Waals surface area contributed by atoms with Gasteiger partial charge in [-0.05, 0) is 36.8 Å². The maximum absolute atomic E-state index is 11.6. The second-order valence-corrected chi connectivity index (χ2v) is 4.09. The van der Waals surface area contributed by atoms with Gasteiger partial charge in [0, 0.05) is 11.1 Å². The summed E-state index contributed by atoms with van der Waals surface area (Å²) < 4.78 is 4.75. The first-order valence-corrected chi connectivity index (χ1v) is 6.97. The molecule has 0 fully saturated rings. The molecule has 0 unspecified atom stereocenters. The number of hydrogen-bond donors (Lipinski definition) is 0. The number of methoxy groups -OCH3 is 1. The molecule has 0 aliphatic heterocycles. The van der Waals surface area contributed by atoms with Crippen LogP contribution in [0, 0.1) is 18.8 Å². The van der Waals surface area contributed by atoms with E-state index in [1.807, 2.05) is 63.2 Å². The molecule has 21 heavy (non-hydrogen) atoms. The molecule has 0 amide bonds. The van der Waals surface area contributed by atoms with Gasteiger partial charge in [-0.25, -0.2) is 4.79 Å². The van der Waals surface area contributed by atoms with Gasteiger partial charge in [-0.1, -0.05) is 50.0 Å². The van der Waals surface area contributed by atoms with E-state index in [4.69, 9.17) is 4.74 Å². The number of rotatable bonds is 1. The van der Waals surface area contributed by atoms with Crippen molar-refractivity contribution >= 4 is 5.97 Å². The molecule has 2 nitrogen and oxygen atoms in total. The van der Waals surface area contributed by atoms with E-state index in [0.717, 1.165) is 16.7 Å². The molecule has 0 spiro atoms. The lowest BCUT2D eigenvalue weighted by Crippen LogP contribution is -2.04. The van der Waals surface area contributed by atoms with Crippen molar-refractivity contribution in [1.29, 1.82) is 0 Å². The normalized spacial score (nSPS) is 8.76. The first kappa shape index (κ1) is 16.5. The SMILES string of the molecule is CC.COC(=O)c1cccc(C#Cc2ccccc2)c1C. The van der Waals surface area contributed by atoms with Crippen LogP contribution in [0.25, 0.3) is 0 Å². The second kappa shape index (κ2) is 8.60. The second-order valence-electron chi connectivity index (χ2n) is 4.09. The Morgan fingerprint density at radius 2 is 1.62 bits per heavy atom. The van der Waals surface area contributed by atoms with Gasteiger partial charge in [-0.2, -0.15) is 0 Å². The minimum Gasteiger partial charge on any atom is -0.465 e. The van der Waals surface area contributed by atoms with Gasteiger partial charge in [0.2, 0.25) is 0 Å². The predicted molar refractivity (Wildman–Crippen MR) is 86.3 cm³/mol. The summed E-state index contributed by atoms with van der Waals surface area (Å²) in [5.74, 6) is 5.84. The van der Waals surface area contributed by atoms with Crippen molar-refractivity contribution in [3.8, 4) is 11.8 Å². The van der Waals surface area contributed by atoms with Crippen LogP contribution in [0.15, 0.2) is 48.5 Å². The van der Waals surface area contributed by atoms with Crippen LogP contribution in [-0.4, -0.2) is 13.1 Å². The molecule has 0 bridgehead atoms. The van der Waals surface area contributed by atoms with Crippen molar-refractivity contribution in [3.63, 3.8) is 0 Å². The van der Waals surface area contributed by atoms with Crippen molar-refractivity contribution in [2.75, 3.05) is 7.11 Å². The van der Waals surface area contributed by atoms with Gasteiger partial charge in [0.1, 0.15) is 0 Å². The molecular formula is C19H20O2. The van der Waals surface area contributed by atoms with Gasteiger partial charge >= 0.3 is 5.97 Å². The van der Waals surface area contributed by atoms with Crippen LogP contribution in [-0.2, 0) is 4.74 Å². The third kappa shape index (κ3) is 4.50. The number of benzene rings is 2. The van der Waals surface area contributed by atoms with Crippen LogP contribution in [0.5, 0.6) is 0 Å². The van der Waals surface area contributed by atoms with Crippen LogP contribution < -0.4 is 0 Å². The molecule has 2 aromatic carbocycles. The highest BCUT2D eigenvalue weighted by atomic mass is 16.5. The highest BCUT2D eigenvalue weighted by Gasteiger charge is 2.10. The molecule has 2 aromatic rings. The van der Waals surface area contributed by atoms with E-state index in [2.05, 4.69) is 11.8 Å². The number of carbonyl (C=O) groups is 1. The van der Waals surface area contributed by atoms with Gasteiger partial charge in [0.15, 0.2) is 0 Å². The summed E-state index contributed by atoms with van der Waals surface area (Å²) in [7, 11) is 1.38. The van der Waals surface area contributed by atoms with Crippen molar-refractivity contribution in [1.82, 2.24) is 0 Å². The summed E-state index contributed by atoms with van der Waals surface area (Å²) in [6.07, 6.45) is 0. The zero-order valence-corrected chi connectivity index (χ0v) is 12.9. The quantitative estimate of drug-likeness (QED) is 0.578. The Kier molecular flexibility index (Phi) is 6.77. The zero-order chi connectivity index (χ0) is 15.7. The largest absolute Gasteiger partial charge is 0.465 e. The van der Waals surface area contributed by atoms with Crippen LogP contribution in [0.1, 0.15) is 40.9 Å². The monoisotopic (exact) mass is 280 g/mol. The van der Waals surface area contributed by atoms with Gasteiger partial charge in [0.05, 0.1) is 12.7 Å². The molecule has 108 valence electrons. The molecule has 0 N–H and O–H groups in total. The molecule has 0 radical (unpaired) electrons. The van der Waals surface area contributed by atoms with E-state index in [0.29, 0.717) is 5.56 Å². The molecule has 0 atom stereocenters. The van der Waals surface area contributed by atoms with Crippen LogP contribution in [0.2, 0.25) is 0 Å². The van der Waals surface area contributed by atoms with Crippen molar-refractivity contribution in [2.24, 2.45) is 0 Å². The number of ether oxygens (including phenoxy) is 1. The van der Waals surface area contributed by atoms with Crippen molar-refractivity contribution < 1.29 is 9.53 Å². The summed E-state index contributed by atoms with van der Waals surface area (Å²) in [4.78, 5) is 11.6. The average molecular weight is 280 g/mol. The third-order valence-corrected chi connectivity index (χ3v) is 2.85. The van der Waals surface area contributed by atoms with Gasteiger partial charge in [-0.3, -0.25) is 0 Å². The maximum atomic E-state index is 11.6. The fraction of sp³-hybridized carbons (Fsp3) is 0.211. The lowest BCUT2D eigenvalue weighted by atomic mass is 10.0. The summed E-state index contributed by atoms with van der Waals surface area (Å²) in [6, 6.07) is 15.2. The molecule has 0 saturated carbocycles. The highest BCUT2D eigenvalue weighted by Crippen LogP contribution is 2.14.